The highest BCUT2D eigenvalue weighted by molar-refractivity contribution is 5.93. The first-order valence-electron chi connectivity index (χ1n) is 8.72. The summed E-state index contributed by atoms with van der Waals surface area (Å²) in [6.07, 6.45) is 1.43. The molecule has 26 heavy (non-hydrogen) atoms. The van der Waals surface area contributed by atoms with E-state index in [2.05, 4.69) is 25.1 Å². The molecule has 0 aliphatic carbocycles. The van der Waals surface area contributed by atoms with Crippen LogP contribution in [-0.2, 0) is 0 Å². The van der Waals surface area contributed by atoms with Crippen LogP contribution >= 0.6 is 0 Å². The van der Waals surface area contributed by atoms with E-state index in [1.807, 2.05) is 20.8 Å². The van der Waals surface area contributed by atoms with Crippen molar-refractivity contribution in [1.82, 2.24) is 15.3 Å². The van der Waals surface area contributed by atoms with E-state index in [1.165, 1.54) is 18.5 Å². The van der Waals surface area contributed by atoms with Gasteiger partial charge in [0.2, 0.25) is 0 Å². The van der Waals surface area contributed by atoms with Crippen molar-refractivity contribution < 1.29 is 9.18 Å². The Bertz CT molecular complexity index is 764. The average molecular weight is 357 g/mol. The molecule has 1 aromatic heterocycles. The summed E-state index contributed by atoms with van der Waals surface area (Å²) in [6, 6.07) is 8.28. The molecule has 0 spiro atoms. The van der Waals surface area contributed by atoms with Crippen LogP contribution in [0.4, 0.5) is 15.9 Å². The number of benzene rings is 1. The van der Waals surface area contributed by atoms with Crippen LogP contribution in [0.25, 0.3) is 0 Å². The minimum absolute atomic E-state index is 0.203. The number of rotatable bonds is 3. The van der Waals surface area contributed by atoms with Gasteiger partial charge < -0.3 is 15.1 Å². The fourth-order valence-electron chi connectivity index (χ4n) is 2.89. The van der Waals surface area contributed by atoms with E-state index in [9.17, 15) is 9.18 Å². The quantitative estimate of drug-likeness (QED) is 0.914. The largest absolute Gasteiger partial charge is 0.368 e. The zero-order valence-electron chi connectivity index (χ0n) is 15.4. The van der Waals surface area contributed by atoms with Crippen LogP contribution < -0.4 is 15.1 Å². The van der Waals surface area contributed by atoms with Gasteiger partial charge in [-0.1, -0.05) is 0 Å². The van der Waals surface area contributed by atoms with Gasteiger partial charge in [0, 0.05) is 43.5 Å². The van der Waals surface area contributed by atoms with Crippen molar-refractivity contribution in [3.63, 3.8) is 0 Å². The highest BCUT2D eigenvalue weighted by Crippen LogP contribution is 2.20. The third-order valence-electron chi connectivity index (χ3n) is 4.17. The molecule has 1 saturated heterocycles. The number of carbonyl (C=O) groups excluding carboxylic acids is 1. The van der Waals surface area contributed by atoms with Crippen LogP contribution in [-0.4, -0.2) is 47.6 Å². The minimum Gasteiger partial charge on any atom is -0.368 e. The van der Waals surface area contributed by atoms with Gasteiger partial charge in [-0.25, -0.2) is 14.4 Å². The molecule has 0 bridgehead atoms. The molecule has 1 aromatic carbocycles. The SMILES string of the molecule is CC(C)(C)NC(=O)c1cc(N2CCN(c3ccc(F)cc3)CC2)ncn1. The van der Waals surface area contributed by atoms with Gasteiger partial charge in [-0.3, -0.25) is 4.79 Å². The van der Waals surface area contributed by atoms with E-state index >= 15 is 0 Å². The molecule has 1 amide bonds. The lowest BCUT2D eigenvalue weighted by Gasteiger charge is -2.36. The molecule has 3 rings (SSSR count). The standard InChI is InChI=1S/C19H24FN5O/c1-19(2,3)23-18(26)16-12-17(22-13-21-16)25-10-8-24(9-11-25)15-6-4-14(20)5-7-15/h4-7,12-13H,8-11H2,1-3H3,(H,23,26). The van der Waals surface area contributed by atoms with Gasteiger partial charge in [0.05, 0.1) is 0 Å². The lowest BCUT2D eigenvalue weighted by Crippen LogP contribution is -2.47. The molecule has 2 aromatic rings. The van der Waals surface area contributed by atoms with Crippen molar-refractivity contribution in [3.05, 3.63) is 48.2 Å². The topological polar surface area (TPSA) is 61.4 Å². The van der Waals surface area contributed by atoms with Crippen LogP contribution in [0.5, 0.6) is 0 Å². The number of nitrogens with zero attached hydrogens (tertiary/aromatic N) is 4. The van der Waals surface area contributed by atoms with Crippen molar-refractivity contribution in [1.29, 1.82) is 0 Å². The van der Waals surface area contributed by atoms with Crippen molar-refractivity contribution in [2.75, 3.05) is 36.0 Å². The highest BCUT2D eigenvalue weighted by atomic mass is 19.1. The van der Waals surface area contributed by atoms with Crippen LogP contribution in [0.3, 0.4) is 0 Å². The van der Waals surface area contributed by atoms with Gasteiger partial charge in [-0.2, -0.15) is 0 Å². The second-order valence-electron chi connectivity index (χ2n) is 7.42. The number of amides is 1. The fourth-order valence-corrected chi connectivity index (χ4v) is 2.89. The molecular weight excluding hydrogens is 333 g/mol. The fraction of sp³-hybridized carbons (Fsp3) is 0.421. The minimum atomic E-state index is -0.316. The molecule has 0 atom stereocenters. The van der Waals surface area contributed by atoms with E-state index in [0.29, 0.717) is 5.69 Å². The molecule has 138 valence electrons. The number of carbonyl (C=O) groups is 1. The molecule has 0 radical (unpaired) electrons. The molecule has 2 heterocycles. The van der Waals surface area contributed by atoms with E-state index in [0.717, 1.165) is 37.7 Å². The Morgan fingerprint density at radius 3 is 2.27 bits per heavy atom. The van der Waals surface area contributed by atoms with Crippen molar-refractivity contribution in [2.45, 2.75) is 26.3 Å². The number of halogens is 1. The second kappa shape index (κ2) is 7.27. The Morgan fingerprint density at radius 2 is 1.65 bits per heavy atom. The van der Waals surface area contributed by atoms with Crippen molar-refractivity contribution >= 4 is 17.4 Å². The molecule has 1 aliphatic heterocycles. The number of nitrogens with one attached hydrogen (secondary N) is 1. The third-order valence-corrected chi connectivity index (χ3v) is 4.17. The summed E-state index contributed by atoms with van der Waals surface area (Å²) in [5.74, 6) is 0.318. The van der Waals surface area contributed by atoms with Crippen LogP contribution in [0.15, 0.2) is 36.7 Å². The zero-order valence-corrected chi connectivity index (χ0v) is 15.4. The Hall–Kier alpha value is -2.70. The molecule has 1 fully saturated rings. The highest BCUT2D eigenvalue weighted by Gasteiger charge is 2.21. The summed E-state index contributed by atoms with van der Waals surface area (Å²) < 4.78 is 13.1. The summed E-state index contributed by atoms with van der Waals surface area (Å²) in [5.41, 5.74) is 1.06. The van der Waals surface area contributed by atoms with E-state index in [4.69, 9.17) is 0 Å². The molecule has 0 unspecified atom stereocenters. The van der Waals surface area contributed by atoms with E-state index in [1.54, 1.807) is 18.2 Å². The number of anilines is 2. The monoisotopic (exact) mass is 357 g/mol. The van der Waals surface area contributed by atoms with Crippen molar-refractivity contribution in [2.24, 2.45) is 0 Å². The predicted octanol–water partition coefficient (Wildman–Crippen LogP) is 2.47. The van der Waals surface area contributed by atoms with Gasteiger partial charge in [-0.15, -0.1) is 0 Å². The van der Waals surface area contributed by atoms with Gasteiger partial charge >= 0.3 is 0 Å². The van der Waals surface area contributed by atoms with Gasteiger partial charge in [0.1, 0.15) is 23.7 Å². The molecule has 7 heteroatoms. The Morgan fingerprint density at radius 1 is 1.04 bits per heavy atom. The molecule has 1 aliphatic rings. The van der Waals surface area contributed by atoms with Gasteiger partial charge in [0.15, 0.2) is 0 Å². The molecule has 1 N–H and O–H groups in total. The Kier molecular flexibility index (Phi) is 5.06. The smallest absolute Gasteiger partial charge is 0.270 e. The third kappa shape index (κ3) is 4.47. The van der Waals surface area contributed by atoms with E-state index < -0.39 is 0 Å². The maximum Gasteiger partial charge on any atom is 0.270 e. The molecule has 6 nitrogen and oxygen atoms in total. The number of piperazine rings is 1. The van der Waals surface area contributed by atoms with Gasteiger partial charge in [0.25, 0.3) is 5.91 Å². The summed E-state index contributed by atoms with van der Waals surface area (Å²) in [4.78, 5) is 25.1. The first kappa shape index (κ1) is 18.1. The number of hydrogen-bond acceptors (Lipinski definition) is 5. The maximum absolute atomic E-state index is 13.1. The molecule has 0 saturated carbocycles. The molecular formula is C19H24FN5O. The van der Waals surface area contributed by atoms with Crippen LogP contribution in [0.1, 0.15) is 31.3 Å². The lowest BCUT2D eigenvalue weighted by molar-refractivity contribution is 0.0914. The van der Waals surface area contributed by atoms with Crippen LogP contribution in [0.2, 0.25) is 0 Å². The summed E-state index contributed by atoms with van der Waals surface area (Å²) in [6.45, 7) is 8.95. The summed E-state index contributed by atoms with van der Waals surface area (Å²) >= 11 is 0. The summed E-state index contributed by atoms with van der Waals surface area (Å²) in [7, 11) is 0. The first-order chi connectivity index (χ1) is 12.3. The Balaban J connectivity index is 1.65. The zero-order chi connectivity index (χ0) is 18.7. The van der Waals surface area contributed by atoms with Gasteiger partial charge in [-0.05, 0) is 45.0 Å². The maximum atomic E-state index is 13.1. The van der Waals surface area contributed by atoms with Crippen LogP contribution in [0, 0.1) is 5.82 Å². The summed E-state index contributed by atoms with van der Waals surface area (Å²) in [5, 5.41) is 2.91. The second-order valence-corrected chi connectivity index (χ2v) is 7.42. The van der Waals surface area contributed by atoms with Crippen molar-refractivity contribution in [3.8, 4) is 0 Å². The predicted molar refractivity (Wildman–Crippen MR) is 100 cm³/mol. The number of hydrogen-bond donors (Lipinski definition) is 1. The lowest BCUT2D eigenvalue weighted by atomic mass is 10.1. The Labute approximate surface area is 153 Å². The normalized spacial score (nSPS) is 15.1. The van der Waals surface area contributed by atoms with E-state index in [-0.39, 0.29) is 17.3 Å². The number of aromatic nitrogens is 2. The average Bonchev–Trinajstić information content (AvgIpc) is 2.61. The first-order valence-corrected chi connectivity index (χ1v) is 8.72.